The van der Waals surface area contributed by atoms with Gasteiger partial charge < -0.3 is 4.74 Å². The fourth-order valence-corrected chi connectivity index (χ4v) is 2.85. The summed E-state index contributed by atoms with van der Waals surface area (Å²) in [5.41, 5.74) is 2.46. The Morgan fingerprint density at radius 2 is 1.72 bits per heavy atom. The van der Waals surface area contributed by atoms with Crippen molar-refractivity contribution >= 4 is 21.4 Å². The van der Waals surface area contributed by atoms with Crippen LogP contribution in [0.15, 0.2) is 47.8 Å². The monoisotopic (exact) mass is 254 g/mol. The first-order valence-corrected chi connectivity index (χ1v) is 6.84. The normalized spacial score (nSPS) is 10.8. The van der Waals surface area contributed by atoms with Gasteiger partial charge in [0.05, 0.1) is 0 Å². The summed E-state index contributed by atoms with van der Waals surface area (Å²) in [6.07, 6.45) is 0. The molecule has 0 radical (unpaired) electrons. The van der Waals surface area contributed by atoms with E-state index in [4.69, 9.17) is 4.74 Å². The lowest BCUT2D eigenvalue weighted by atomic mass is 10.1. The predicted molar refractivity (Wildman–Crippen MR) is 77.8 cm³/mol. The minimum Gasteiger partial charge on any atom is -0.456 e. The molecule has 1 nitrogen and oxygen atoms in total. The van der Waals surface area contributed by atoms with Crippen molar-refractivity contribution in [2.75, 3.05) is 0 Å². The SMILES string of the molecule is Cc1cccc(Oc2csc3ccccc23)c1C. The second kappa shape index (κ2) is 4.46. The van der Waals surface area contributed by atoms with E-state index in [9.17, 15) is 0 Å². The maximum Gasteiger partial charge on any atom is 0.145 e. The summed E-state index contributed by atoms with van der Waals surface area (Å²) in [4.78, 5) is 0. The first kappa shape index (κ1) is 11.3. The number of ether oxygens (including phenoxy) is 1. The summed E-state index contributed by atoms with van der Waals surface area (Å²) in [5, 5.41) is 3.26. The van der Waals surface area contributed by atoms with Gasteiger partial charge in [0.25, 0.3) is 0 Å². The number of hydrogen-bond donors (Lipinski definition) is 0. The van der Waals surface area contributed by atoms with E-state index >= 15 is 0 Å². The maximum atomic E-state index is 6.05. The van der Waals surface area contributed by atoms with E-state index in [-0.39, 0.29) is 0 Å². The molecule has 0 saturated heterocycles. The van der Waals surface area contributed by atoms with Crippen LogP contribution in [-0.2, 0) is 0 Å². The Balaban J connectivity index is 2.04. The lowest BCUT2D eigenvalue weighted by molar-refractivity contribution is 0.486. The molecule has 0 aliphatic rings. The predicted octanol–water partition coefficient (Wildman–Crippen LogP) is 5.31. The van der Waals surface area contributed by atoms with Crippen molar-refractivity contribution in [1.29, 1.82) is 0 Å². The van der Waals surface area contributed by atoms with Crippen LogP contribution >= 0.6 is 11.3 Å². The molecule has 2 heteroatoms. The smallest absolute Gasteiger partial charge is 0.145 e. The molecule has 3 rings (SSSR count). The molecule has 1 aromatic heterocycles. The van der Waals surface area contributed by atoms with Crippen LogP contribution in [0.1, 0.15) is 11.1 Å². The van der Waals surface area contributed by atoms with Crippen LogP contribution in [-0.4, -0.2) is 0 Å². The summed E-state index contributed by atoms with van der Waals surface area (Å²) >= 11 is 1.72. The lowest BCUT2D eigenvalue weighted by Gasteiger charge is -2.09. The summed E-state index contributed by atoms with van der Waals surface area (Å²) in [6, 6.07) is 14.5. The van der Waals surface area contributed by atoms with Crippen molar-refractivity contribution in [1.82, 2.24) is 0 Å². The molecule has 0 atom stereocenters. The van der Waals surface area contributed by atoms with Gasteiger partial charge in [-0.05, 0) is 43.2 Å². The second-order valence-corrected chi connectivity index (χ2v) is 5.31. The average molecular weight is 254 g/mol. The van der Waals surface area contributed by atoms with Crippen molar-refractivity contribution in [3.8, 4) is 11.5 Å². The third-order valence-electron chi connectivity index (χ3n) is 3.22. The van der Waals surface area contributed by atoms with E-state index in [1.807, 2.05) is 18.2 Å². The first-order chi connectivity index (χ1) is 8.75. The zero-order valence-electron chi connectivity index (χ0n) is 10.4. The number of thiophene rings is 1. The summed E-state index contributed by atoms with van der Waals surface area (Å²) in [6.45, 7) is 4.20. The van der Waals surface area contributed by atoms with Gasteiger partial charge in [0.2, 0.25) is 0 Å². The molecule has 0 aliphatic heterocycles. The van der Waals surface area contributed by atoms with Crippen LogP contribution < -0.4 is 4.74 Å². The topological polar surface area (TPSA) is 9.23 Å². The summed E-state index contributed by atoms with van der Waals surface area (Å²) in [5.74, 6) is 1.89. The molecule has 0 unspecified atom stereocenters. The van der Waals surface area contributed by atoms with E-state index in [1.165, 1.54) is 21.2 Å². The molecule has 0 fully saturated rings. The largest absolute Gasteiger partial charge is 0.456 e. The van der Waals surface area contributed by atoms with Gasteiger partial charge in [-0.3, -0.25) is 0 Å². The third-order valence-corrected chi connectivity index (χ3v) is 4.16. The Labute approximate surface area is 111 Å². The molecule has 90 valence electrons. The first-order valence-electron chi connectivity index (χ1n) is 5.96. The van der Waals surface area contributed by atoms with E-state index in [0.29, 0.717) is 0 Å². The molecule has 0 N–H and O–H groups in total. The Kier molecular flexibility index (Phi) is 2.80. The van der Waals surface area contributed by atoms with Gasteiger partial charge >= 0.3 is 0 Å². The minimum absolute atomic E-state index is 0.943. The third kappa shape index (κ3) is 1.89. The standard InChI is InChI=1S/C16H14OS/c1-11-6-5-8-14(12(11)2)17-15-10-18-16-9-4-3-7-13(15)16/h3-10H,1-2H3. The molecular weight excluding hydrogens is 240 g/mol. The van der Waals surface area contributed by atoms with Gasteiger partial charge in [0.15, 0.2) is 0 Å². The van der Waals surface area contributed by atoms with Crippen LogP contribution in [0.4, 0.5) is 0 Å². The van der Waals surface area contributed by atoms with E-state index in [0.717, 1.165) is 11.5 Å². The van der Waals surface area contributed by atoms with Gasteiger partial charge in [0, 0.05) is 15.5 Å². The van der Waals surface area contributed by atoms with Crippen LogP contribution in [0.2, 0.25) is 0 Å². The van der Waals surface area contributed by atoms with Crippen LogP contribution in [0.25, 0.3) is 10.1 Å². The number of benzene rings is 2. The highest BCUT2D eigenvalue weighted by molar-refractivity contribution is 7.17. The van der Waals surface area contributed by atoms with Gasteiger partial charge in [0.1, 0.15) is 11.5 Å². The van der Waals surface area contributed by atoms with Gasteiger partial charge in [-0.1, -0.05) is 24.3 Å². The second-order valence-electron chi connectivity index (χ2n) is 4.40. The average Bonchev–Trinajstić information content (AvgIpc) is 2.79. The number of fused-ring (bicyclic) bond motifs is 1. The maximum absolute atomic E-state index is 6.05. The van der Waals surface area contributed by atoms with Crippen molar-refractivity contribution < 1.29 is 4.74 Å². The Hall–Kier alpha value is -1.80. The van der Waals surface area contributed by atoms with E-state index in [1.54, 1.807) is 11.3 Å². The summed E-state index contributed by atoms with van der Waals surface area (Å²) in [7, 11) is 0. The van der Waals surface area contributed by atoms with E-state index in [2.05, 4.69) is 43.5 Å². The number of hydrogen-bond acceptors (Lipinski definition) is 2. The fraction of sp³-hybridized carbons (Fsp3) is 0.125. The van der Waals surface area contributed by atoms with Crippen molar-refractivity contribution in [2.24, 2.45) is 0 Å². The molecule has 0 bridgehead atoms. The minimum atomic E-state index is 0.943. The molecule has 0 aliphatic carbocycles. The van der Waals surface area contributed by atoms with Crippen LogP contribution in [0.3, 0.4) is 0 Å². The molecule has 0 saturated carbocycles. The van der Waals surface area contributed by atoms with Gasteiger partial charge in [-0.2, -0.15) is 0 Å². The van der Waals surface area contributed by atoms with Gasteiger partial charge in [-0.25, -0.2) is 0 Å². The quantitative estimate of drug-likeness (QED) is 0.602. The van der Waals surface area contributed by atoms with Crippen molar-refractivity contribution in [2.45, 2.75) is 13.8 Å². The molecule has 0 spiro atoms. The number of rotatable bonds is 2. The fourth-order valence-electron chi connectivity index (χ4n) is 1.99. The zero-order valence-corrected chi connectivity index (χ0v) is 11.3. The van der Waals surface area contributed by atoms with Gasteiger partial charge in [-0.15, -0.1) is 11.3 Å². The summed E-state index contributed by atoms with van der Waals surface area (Å²) < 4.78 is 7.32. The zero-order chi connectivity index (χ0) is 12.5. The highest BCUT2D eigenvalue weighted by Gasteiger charge is 2.08. The Morgan fingerprint density at radius 1 is 0.889 bits per heavy atom. The number of aryl methyl sites for hydroxylation is 1. The lowest BCUT2D eigenvalue weighted by Crippen LogP contribution is -1.88. The van der Waals surface area contributed by atoms with Crippen LogP contribution in [0, 0.1) is 13.8 Å². The van der Waals surface area contributed by atoms with Crippen molar-refractivity contribution in [3.63, 3.8) is 0 Å². The molecule has 18 heavy (non-hydrogen) atoms. The molecule has 0 amide bonds. The van der Waals surface area contributed by atoms with E-state index < -0.39 is 0 Å². The Morgan fingerprint density at radius 3 is 2.61 bits per heavy atom. The molecule has 1 heterocycles. The molecule has 2 aromatic carbocycles. The van der Waals surface area contributed by atoms with Crippen molar-refractivity contribution in [3.05, 3.63) is 59.0 Å². The molecular formula is C16H14OS. The highest BCUT2D eigenvalue weighted by atomic mass is 32.1. The van der Waals surface area contributed by atoms with Crippen LogP contribution in [0.5, 0.6) is 11.5 Å². The highest BCUT2D eigenvalue weighted by Crippen LogP contribution is 2.36. The molecule has 3 aromatic rings. The Bertz CT molecular complexity index is 697.